The Hall–Kier alpha value is -1.23. The fourth-order valence-electron chi connectivity index (χ4n) is 1.63. The van der Waals surface area contributed by atoms with E-state index < -0.39 is 12.4 Å². The first kappa shape index (κ1) is 13.8. The molecule has 0 saturated carbocycles. The normalized spacial score (nSPS) is 11.9. The number of likely N-dealkylation sites (N-methyl/N-ethyl adjacent to an activating group) is 1. The number of hydrogen-bond donors (Lipinski definition) is 0. The van der Waals surface area contributed by atoms with Crippen LogP contribution < -0.4 is 0 Å². The minimum Gasteiger partial charge on any atom is -0.445 e. The average molecular weight is 242 g/mol. The Bertz CT molecular complexity index is 401. The van der Waals surface area contributed by atoms with Gasteiger partial charge in [0.1, 0.15) is 0 Å². The largest absolute Gasteiger partial charge is 0.506 e. The van der Waals surface area contributed by atoms with Gasteiger partial charge in [0, 0.05) is 6.54 Å². The summed E-state index contributed by atoms with van der Waals surface area (Å²) in [5.74, 6) is 0. The topological polar surface area (TPSA) is 3.24 Å². The highest BCUT2D eigenvalue weighted by Crippen LogP contribution is 2.19. The Kier molecular flexibility index (Phi) is 4.40. The van der Waals surface area contributed by atoms with Crippen molar-refractivity contribution in [1.29, 1.82) is 0 Å². The quantitative estimate of drug-likeness (QED) is 0.715. The van der Waals surface area contributed by atoms with E-state index in [9.17, 15) is 12.9 Å². The zero-order valence-electron chi connectivity index (χ0n) is 10.1. The molecule has 0 amide bonds. The Morgan fingerprint density at radius 3 is 2.53 bits per heavy atom. The smallest absolute Gasteiger partial charge is 0.445 e. The maximum Gasteiger partial charge on any atom is 0.506 e. The summed E-state index contributed by atoms with van der Waals surface area (Å²) >= 11 is 0. The Morgan fingerprint density at radius 2 is 2.00 bits per heavy atom. The van der Waals surface area contributed by atoms with Gasteiger partial charge in [-0.05, 0) is 26.1 Å². The predicted octanol–water partition coefficient (Wildman–Crippen LogP) is 3.37. The number of nitrogens with zero attached hydrogens (tertiary/aromatic N) is 1. The molecule has 5 heteroatoms. The van der Waals surface area contributed by atoms with E-state index in [1.54, 1.807) is 11.9 Å². The molecule has 0 bridgehead atoms. The van der Waals surface area contributed by atoms with Gasteiger partial charge in [0.2, 0.25) is 0 Å². The molecule has 0 aliphatic rings. The minimum atomic E-state index is -4.93. The lowest BCUT2D eigenvalue weighted by molar-refractivity contribution is 0.350. The van der Waals surface area contributed by atoms with E-state index in [-0.39, 0.29) is 6.54 Å². The second-order valence-corrected chi connectivity index (χ2v) is 4.39. The van der Waals surface area contributed by atoms with Gasteiger partial charge < -0.3 is 17.8 Å². The van der Waals surface area contributed by atoms with Crippen molar-refractivity contribution in [3.63, 3.8) is 0 Å². The summed E-state index contributed by atoms with van der Waals surface area (Å²) < 4.78 is 37.0. The molecule has 0 fully saturated rings. The fourth-order valence-corrected chi connectivity index (χ4v) is 1.63. The summed E-state index contributed by atoms with van der Waals surface area (Å²) in [6, 6.07) is 7.74. The monoisotopic (exact) mass is 242 g/mol. The van der Waals surface area contributed by atoms with Gasteiger partial charge in [-0.1, -0.05) is 29.8 Å². The van der Waals surface area contributed by atoms with Crippen LogP contribution in [0.25, 0.3) is 0 Å². The molecule has 0 unspecified atom stereocenters. The van der Waals surface area contributed by atoms with Crippen molar-refractivity contribution in [3.8, 4) is 0 Å². The molecular formula is C12H16BF3N-. The molecular weight excluding hydrogens is 226 g/mol. The third kappa shape index (κ3) is 4.65. The zero-order chi connectivity index (χ0) is 13.1. The molecule has 0 aliphatic heterocycles. The lowest BCUT2D eigenvalue weighted by atomic mass is 9.80. The van der Waals surface area contributed by atoms with E-state index in [0.717, 1.165) is 11.1 Å². The Balaban J connectivity index is 2.56. The minimum absolute atomic E-state index is 0.141. The van der Waals surface area contributed by atoms with Crippen LogP contribution in [0.4, 0.5) is 12.9 Å². The highest BCUT2D eigenvalue weighted by Gasteiger charge is 2.27. The Morgan fingerprint density at radius 1 is 1.35 bits per heavy atom. The summed E-state index contributed by atoms with van der Waals surface area (Å²) in [5, 5.41) is 0. The van der Waals surface area contributed by atoms with E-state index in [2.05, 4.69) is 6.58 Å². The molecule has 1 nitrogen and oxygen atoms in total. The van der Waals surface area contributed by atoms with Crippen molar-refractivity contribution in [3.05, 3.63) is 47.4 Å². The van der Waals surface area contributed by atoms with E-state index in [1.165, 1.54) is 0 Å². The van der Waals surface area contributed by atoms with E-state index in [0.29, 0.717) is 6.54 Å². The molecule has 0 heterocycles. The molecule has 0 spiro atoms. The standard InChI is InChI=1S/C12H16BF3N/c1-10-5-4-6-12(7-10)9-17(3)8-11(2)13(14,15)16/h4-7H,2,8-9H2,1,3H3/q-1. The maximum atomic E-state index is 12.3. The summed E-state index contributed by atoms with van der Waals surface area (Å²) in [7, 11) is 1.66. The number of benzene rings is 1. The van der Waals surface area contributed by atoms with Crippen LogP contribution in [0.15, 0.2) is 36.3 Å². The van der Waals surface area contributed by atoms with Crippen molar-refractivity contribution in [2.24, 2.45) is 0 Å². The summed E-state index contributed by atoms with van der Waals surface area (Å²) in [6.45, 7) is 0.470. The van der Waals surface area contributed by atoms with Gasteiger partial charge in [0.25, 0.3) is 0 Å². The number of hydrogen-bond acceptors (Lipinski definition) is 1. The lowest BCUT2D eigenvalue weighted by Crippen LogP contribution is -2.29. The first-order valence-electron chi connectivity index (χ1n) is 5.41. The van der Waals surface area contributed by atoms with Gasteiger partial charge in [-0.25, -0.2) is 0 Å². The van der Waals surface area contributed by atoms with Crippen LogP contribution in [0.2, 0.25) is 0 Å². The van der Waals surface area contributed by atoms with Gasteiger partial charge in [0.05, 0.1) is 0 Å². The first-order valence-corrected chi connectivity index (χ1v) is 5.41. The van der Waals surface area contributed by atoms with Gasteiger partial charge in [0.15, 0.2) is 0 Å². The summed E-state index contributed by atoms with van der Waals surface area (Å²) in [6.07, 6.45) is 0. The summed E-state index contributed by atoms with van der Waals surface area (Å²) in [4.78, 5) is 1.62. The fraction of sp³-hybridized carbons (Fsp3) is 0.333. The SMILES string of the molecule is C=C(CN(C)Cc1cccc(C)c1)[B-](F)(F)F. The van der Waals surface area contributed by atoms with Crippen LogP contribution in [0.3, 0.4) is 0 Å². The average Bonchev–Trinajstić information content (AvgIpc) is 2.15. The van der Waals surface area contributed by atoms with Crippen molar-refractivity contribution in [2.45, 2.75) is 13.5 Å². The van der Waals surface area contributed by atoms with Crippen molar-refractivity contribution in [1.82, 2.24) is 4.90 Å². The van der Waals surface area contributed by atoms with Gasteiger partial charge >= 0.3 is 6.98 Å². The number of halogens is 3. The van der Waals surface area contributed by atoms with Gasteiger partial charge in [-0.3, -0.25) is 0 Å². The molecule has 0 aromatic heterocycles. The zero-order valence-corrected chi connectivity index (χ0v) is 10.1. The third-order valence-electron chi connectivity index (χ3n) is 2.47. The van der Waals surface area contributed by atoms with Crippen LogP contribution >= 0.6 is 0 Å². The van der Waals surface area contributed by atoms with Gasteiger partial charge in [-0.15, -0.1) is 12.1 Å². The molecule has 0 radical (unpaired) electrons. The van der Waals surface area contributed by atoms with Crippen molar-refractivity contribution in [2.75, 3.05) is 13.6 Å². The van der Waals surface area contributed by atoms with E-state index in [1.807, 2.05) is 31.2 Å². The molecule has 0 aliphatic carbocycles. The Labute approximate surface area is 100.0 Å². The summed E-state index contributed by atoms with van der Waals surface area (Å²) in [5.41, 5.74) is 1.46. The molecule has 1 aromatic rings. The van der Waals surface area contributed by atoms with Crippen LogP contribution in [-0.2, 0) is 6.54 Å². The molecule has 1 aromatic carbocycles. The third-order valence-corrected chi connectivity index (χ3v) is 2.47. The van der Waals surface area contributed by atoms with E-state index >= 15 is 0 Å². The highest BCUT2D eigenvalue weighted by molar-refractivity contribution is 6.66. The molecule has 0 saturated heterocycles. The highest BCUT2D eigenvalue weighted by atomic mass is 19.4. The van der Waals surface area contributed by atoms with Crippen LogP contribution in [0.5, 0.6) is 0 Å². The lowest BCUT2D eigenvalue weighted by Gasteiger charge is -2.24. The van der Waals surface area contributed by atoms with Crippen LogP contribution in [0.1, 0.15) is 11.1 Å². The van der Waals surface area contributed by atoms with Crippen LogP contribution in [0, 0.1) is 6.92 Å². The molecule has 17 heavy (non-hydrogen) atoms. The second kappa shape index (κ2) is 5.40. The molecule has 94 valence electrons. The predicted molar refractivity (Wildman–Crippen MR) is 65.7 cm³/mol. The second-order valence-electron chi connectivity index (χ2n) is 4.39. The number of rotatable bonds is 5. The molecule has 0 N–H and O–H groups in total. The maximum absolute atomic E-state index is 12.3. The van der Waals surface area contributed by atoms with E-state index in [4.69, 9.17) is 0 Å². The van der Waals surface area contributed by atoms with Crippen LogP contribution in [-0.4, -0.2) is 25.5 Å². The van der Waals surface area contributed by atoms with Gasteiger partial charge in [-0.2, -0.15) is 0 Å². The molecule has 0 atom stereocenters. The van der Waals surface area contributed by atoms with Crippen molar-refractivity contribution < 1.29 is 12.9 Å². The first-order chi connectivity index (χ1) is 7.79. The number of aryl methyl sites for hydroxylation is 1. The molecule has 1 rings (SSSR count). The van der Waals surface area contributed by atoms with Crippen molar-refractivity contribution >= 4 is 6.98 Å².